The van der Waals surface area contributed by atoms with E-state index >= 15 is 0 Å². The number of nitrogens with zero attached hydrogens (tertiary/aromatic N) is 2. The molecule has 0 fully saturated rings. The molecule has 1 aliphatic heterocycles. The van der Waals surface area contributed by atoms with E-state index in [1.807, 2.05) is 22.9 Å². The van der Waals surface area contributed by atoms with Crippen LogP contribution < -0.4 is 20.1 Å². The second-order valence-corrected chi connectivity index (χ2v) is 5.68. The Labute approximate surface area is 140 Å². The number of urea groups is 1. The van der Waals surface area contributed by atoms with Crippen molar-refractivity contribution in [3.05, 3.63) is 41.2 Å². The van der Waals surface area contributed by atoms with Crippen LogP contribution in [0.5, 0.6) is 11.5 Å². The maximum absolute atomic E-state index is 11.9. The van der Waals surface area contributed by atoms with Gasteiger partial charge in [-0.1, -0.05) is 6.07 Å². The first-order valence-electron chi connectivity index (χ1n) is 7.98. The van der Waals surface area contributed by atoms with Crippen LogP contribution in [0.3, 0.4) is 0 Å². The third kappa shape index (κ3) is 3.61. The number of aryl methyl sites for hydroxylation is 2. The normalized spacial score (nSPS) is 12.6. The third-order valence-electron chi connectivity index (χ3n) is 4.05. The highest BCUT2D eigenvalue weighted by atomic mass is 16.5. The summed E-state index contributed by atoms with van der Waals surface area (Å²) in [5.74, 6) is 1.31. The lowest BCUT2D eigenvalue weighted by molar-refractivity contribution is 0.240. The van der Waals surface area contributed by atoms with Gasteiger partial charge in [0.05, 0.1) is 26.5 Å². The van der Waals surface area contributed by atoms with E-state index in [1.54, 1.807) is 14.2 Å². The highest BCUT2D eigenvalue weighted by Crippen LogP contribution is 2.27. The van der Waals surface area contributed by atoms with Crippen molar-refractivity contribution < 1.29 is 14.3 Å². The zero-order valence-corrected chi connectivity index (χ0v) is 14.0. The van der Waals surface area contributed by atoms with E-state index in [1.165, 1.54) is 5.69 Å². The van der Waals surface area contributed by atoms with Gasteiger partial charge in [0.15, 0.2) is 11.5 Å². The van der Waals surface area contributed by atoms with E-state index in [0.717, 1.165) is 30.6 Å². The van der Waals surface area contributed by atoms with E-state index in [0.29, 0.717) is 24.6 Å². The Morgan fingerprint density at radius 1 is 1.17 bits per heavy atom. The van der Waals surface area contributed by atoms with Gasteiger partial charge in [0.1, 0.15) is 0 Å². The lowest BCUT2D eigenvalue weighted by Crippen LogP contribution is -2.34. The van der Waals surface area contributed by atoms with Crippen molar-refractivity contribution in [1.82, 2.24) is 20.4 Å². The minimum atomic E-state index is -0.224. The van der Waals surface area contributed by atoms with E-state index in [2.05, 4.69) is 21.8 Å². The van der Waals surface area contributed by atoms with E-state index in [9.17, 15) is 4.79 Å². The van der Waals surface area contributed by atoms with Gasteiger partial charge in [-0.05, 0) is 36.6 Å². The number of ether oxygens (including phenoxy) is 2. The Balaban J connectivity index is 1.48. The number of methoxy groups -OCH3 is 2. The number of hydrogen-bond donors (Lipinski definition) is 2. The summed E-state index contributed by atoms with van der Waals surface area (Å²) in [6, 6.07) is 7.39. The lowest BCUT2D eigenvalue weighted by Gasteiger charge is -2.10. The molecule has 7 nitrogen and oxygen atoms in total. The Hall–Kier alpha value is -2.70. The summed E-state index contributed by atoms with van der Waals surface area (Å²) >= 11 is 0. The number of carbonyl (C=O) groups is 1. The van der Waals surface area contributed by atoms with E-state index < -0.39 is 0 Å². The fourth-order valence-corrected chi connectivity index (χ4v) is 2.81. The molecule has 0 unspecified atom stereocenters. The van der Waals surface area contributed by atoms with Crippen molar-refractivity contribution >= 4 is 6.03 Å². The van der Waals surface area contributed by atoms with Crippen molar-refractivity contribution in [3.8, 4) is 11.5 Å². The molecule has 2 amide bonds. The molecule has 2 aromatic rings. The predicted molar refractivity (Wildman–Crippen MR) is 89.2 cm³/mol. The first-order chi connectivity index (χ1) is 11.7. The Morgan fingerprint density at radius 2 is 1.96 bits per heavy atom. The molecule has 0 radical (unpaired) electrons. The second kappa shape index (κ2) is 7.25. The number of aromatic nitrogens is 2. The van der Waals surface area contributed by atoms with Gasteiger partial charge >= 0.3 is 6.03 Å². The summed E-state index contributed by atoms with van der Waals surface area (Å²) in [5.41, 5.74) is 3.08. The maximum atomic E-state index is 11.9. The highest BCUT2D eigenvalue weighted by molar-refractivity contribution is 5.73. The number of benzene rings is 1. The van der Waals surface area contributed by atoms with Gasteiger partial charge in [-0.15, -0.1) is 0 Å². The zero-order chi connectivity index (χ0) is 16.9. The Morgan fingerprint density at radius 3 is 2.71 bits per heavy atom. The van der Waals surface area contributed by atoms with E-state index in [4.69, 9.17) is 9.47 Å². The summed E-state index contributed by atoms with van der Waals surface area (Å²) in [5, 5.41) is 10.1. The van der Waals surface area contributed by atoms with Gasteiger partial charge in [0, 0.05) is 18.8 Å². The average molecular weight is 330 g/mol. The largest absolute Gasteiger partial charge is 0.493 e. The average Bonchev–Trinajstić information content (AvgIpc) is 3.19. The Bertz CT molecular complexity index is 705. The SMILES string of the molecule is COc1ccc(CNC(=O)NCc2cc3n(n2)CCC3)cc1OC. The van der Waals surface area contributed by atoms with Crippen LogP contribution in [0.1, 0.15) is 23.4 Å². The van der Waals surface area contributed by atoms with Gasteiger partial charge in [-0.2, -0.15) is 5.10 Å². The number of amides is 2. The van der Waals surface area contributed by atoms with Crippen molar-refractivity contribution in [3.63, 3.8) is 0 Å². The molecule has 0 aliphatic carbocycles. The summed E-state index contributed by atoms with van der Waals surface area (Å²) in [4.78, 5) is 11.9. The molecule has 1 aromatic heterocycles. The van der Waals surface area contributed by atoms with Crippen LogP contribution in [-0.4, -0.2) is 30.0 Å². The molecule has 1 aromatic carbocycles. The topological polar surface area (TPSA) is 77.4 Å². The summed E-state index contributed by atoms with van der Waals surface area (Å²) in [6.45, 7) is 1.81. The van der Waals surface area contributed by atoms with Crippen LogP contribution >= 0.6 is 0 Å². The molecule has 0 bridgehead atoms. The number of nitrogens with one attached hydrogen (secondary N) is 2. The van der Waals surface area contributed by atoms with Gasteiger partial charge in [0.25, 0.3) is 0 Å². The fourth-order valence-electron chi connectivity index (χ4n) is 2.81. The van der Waals surface area contributed by atoms with Crippen LogP contribution in [0.15, 0.2) is 24.3 Å². The molecule has 0 saturated carbocycles. The molecule has 128 valence electrons. The quantitative estimate of drug-likeness (QED) is 0.847. The summed E-state index contributed by atoms with van der Waals surface area (Å²) in [7, 11) is 3.18. The molecule has 0 atom stereocenters. The molecule has 0 spiro atoms. The smallest absolute Gasteiger partial charge is 0.315 e. The second-order valence-electron chi connectivity index (χ2n) is 5.68. The first kappa shape index (κ1) is 16.2. The molecular formula is C17H22N4O3. The first-order valence-corrected chi connectivity index (χ1v) is 7.98. The molecule has 24 heavy (non-hydrogen) atoms. The maximum Gasteiger partial charge on any atom is 0.315 e. The van der Waals surface area contributed by atoms with Gasteiger partial charge in [0.2, 0.25) is 0 Å². The highest BCUT2D eigenvalue weighted by Gasteiger charge is 2.13. The number of rotatable bonds is 6. The number of fused-ring (bicyclic) bond motifs is 1. The zero-order valence-electron chi connectivity index (χ0n) is 14.0. The monoisotopic (exact) mass is 330 g/mol. The minimum absolute atomic E-state index is 0.224. The number of carbonyl (C=O) groups excluding carboxylic acids is 1. The molecule has 7 heteroatoms. The standard InChI is InChI=1S/C17H22N4O3/c1-23-15-6-5-12(8-16(15)24-2)10-18-17(22)19-11-13-9-14-4-3-7-21(14)20-13/h5-6,8-9H,3-4,7,10-11H2,1-2H3,(H2,18,19,22). The molecule has 1 aliphatic rings. The molecule has 0 saturated heterocycles. The number of hydrogen-bond acceptors (Lipinski definition) is 4. The van der Waals surface area contributed by atoms with Crippen molar-refractivity contribution in [2.45, 2.75) is 32.5 Å². The molecule has 2 N–H and O–H groups in total. The van der Waals surface area contributed by atoms with Crippen LogP contribution in [0.2, 0.25) is 0 Å². The van der Waals surface area contributed by atoms with Gasteiger partial charge < -0.3 is 20.1 Å². The van der Waals surface area contributed by atoms with Gasteiger partial charge in [-0.25, -0.2) is 4.79 Å². The summed E-state index contributed by atoms with van der Waals surface area (Å²) < 4.78 is 12.5. The van der Waals surface area contributed by atoms with Crippen LogP contribution in [0.4, 0.5) is 4.79 Å². The predicted octanol–water partition coefficient (Wildman–Crippen LogP) is 1.85. The van der Waals surface area contributed by atoms with Crippen molar-refractivity contribution in [1.29, 1.82) is 0 Å². The van der Waals surface area contributed by atoms with Crippen LogP contribution in [-0.2, 0) is 26.1 Å². The van der Waals surface area contributed by atoms with Gasteiger partial charge in [-0.3, -0.25) is 4.68 Å². The molecule has 3 rings (SSSR count). The molecule has 2 heterocycles. The van der Waals surface area contributed by atoms with Crippen LogP contribution in [0.25, 0.3) is 0 Å². The van der Waals surface area contributed by atoms with Crippen LogP contribution in [0, 0.1) is 0 Å². The minimum Gasteiger partial charge on any atom is -0.493 e. The lowest BCUT2D eigenvalue weighted by atomic mass is 10.2. The summed E-state index contributed by atoms with van der Waals surface area (Å²) in [6.07, 6.45) is 2.22. The Kier molecular flexibility index (Phi) is 4.88. The third-order valence-corrected chi connectivity index (χ3v) is 4.05. The van der Waals surface area contributed by atoms with Crippen molar-refractivity contribution in [2.24, 2.45) is 0 Å². The molecular weight excluding hydrogens is 308 g/mol. The van der Waals surface area contributed by atoms with Crippen molar-refractivity contribution in [2.75, 3.05) is 14.2 Å². The van der Waals surface area contributed by atoms with E-state index in [-0.39, 0.29) is 6.03 Å². The fraction of sp³-hybridized carbons (Fsp3) is 0.412.